The summed E-state index contributed by atoms with van der Waals surface area (Å²) in [6.07, 6.45) is -0.380. The number of furan rings is 2. The van der Waals surface area contributed by atoms with E-state index >= 15 is 0 Å². The number of hydrogen-bond acceptors (Lipinski definition) is 8. The normalized spacial score (nSPS) is 13.0. The number of nitrogens with zero attached hydrogens (tertiary/aromatic N) is 7. The number of fused-ring (bicyclic) bond motifs is 24. The van der Waals surface area contributed by atoms with E-state index in [1.807, 2.05) is 24.3 Å². The third-order valence-corrected chi connectivity index (χ3v) is 29.2. The molecule has 1 aliphatic heterocycles. The Morgan fingerprint density at radius 2 is 0.465 bits per heavy atom. The van der Waals surface area contributed by atoms with Gasteiger partial charge in [0.25, 0.3) is 0 Å². The Balaban J connectivity index is 0.466. The average molecular weight is 1810 g/mol. The Hall–Kier alpha value is -19.0. The molecule has 142 heavy (non-hydrogen) atoms. The van der Waals surface area contributed by atoms with Crippen LogP contribution in [0.25, 0.3) is 264 Å². The van der Waals surface area contributed by atoms with E-state index in [1.54, 1.807) is 0 Å². The molecule has 1 atom stereocenters. The monoisotopic (exact) mass is 1810 g/mol. The van der Waals surface area contributed by atoms with Crippen LogP contribution in [0, 0.1) is 0 Å². The number of aromatic nitrogens is 5. The van der Waals surface area contributed by atoms with Crippen molar-refractivity contribution in [3.05, 3.63) is 490 Å². The van der Waals surface area contributed by atoms with Gasteiger partial charge >= 0.3 is 0 Å². The number of hydrogen-bond donors (Lipinski definition) is 1. The summed E-state index contributed by atoms with van der Waals surface area (Å²) in [5, 5.41) is 27.2. The number of nitrogens with one attached hydrogen (secondary N) is 1. The third-order valence-electron chi connectivity index (χ3n) is 29.2. The fourth-order valence-electron chi connectivity index (χ4n) is 22.3. The standard InChI is InChI=1S/C132H80N8O2/c1-5-24-79(25-6-1)127-133-129(137-131(135-127)95-52-62-112-110-60-49-91(75-123(110)141-125(112)77-95)85-32-22-29-82(67-85)81-28-21-30-83(66-81)87-46-56-105-101-40-14-13-38-99(101)100-39-15-16-41-102(100)114(105)69-87)93-55-65-121-118(73-93)117-72-90(54-64-120(117)139(121)97-34-9-3-10-35-97)89-48-58-107-106-57-47-88(70-115(106)103-42-17-18-43-104(103)116(107)71-89)84-31-23-33-86(68-84)92-50-61-111-113-63-53-96(78-126(113)142-124(111)76-92)132-136-128(80-26-7-2-8-27-80)134-130(138-132)94-51-59-109-108-44-19-20-45-119(108)140(122(109)74-94)98-36-11-4-12-37-98/h1-78,128H,(H,134,136,138). The van der Waals surface area contributed by atoms with E-state index < -0.39 is 0 Å². The number of para-hydroxylation sites is 3. The molecule has 0 radical (unpaired) electrons. The average Bonchev–Trinajstić information content (AvgIpc) is 1.48. The van der Waals surface area contributed by atoms with Gasteiger partial charge in [-0.05, 0) is 289 Å². The molecule has 0 bridgehead atoms. The van der Waals surface area contributed by atoms with Crippen molar-refractivity contribution in [1.82, 2.24) is 29.4 Å². The van der Waals surface area contributed by atoms with E-state index in [2.05, 4.69) is 463 Å². The quantitative estimate of drug-likeness (QED) is 0.109. The lowest BCUT2D eigenvalue weighted by atomic mass is 9.90. The third kappa shape index (κ3) is 13.4. The number of aliphatic imine (C=N–C) groups is 2. The lowest BCUT2D eigenvalue weighted by molar-refractivity contribution is 0.666. The van der Waals surface area contributed by atoms with E-state index in [-0.39, 0.29) is 6.17 Å². The van der Waals surface area contributed by atoms with Crippen molar-refractivity contribution in [2.24, 2.45) is 9.98 Å². The molecule has 1 aliphatic rings. The Labute approximate surface area is 814 Å². The molecule has 6 heterocycles. The smallest absolute Gasteiger partial charge is 0.164 e. The van der Waals surface area contributed by atoms with Gasteiger partial charge in [0.15, 0.2) is 23.3 Å². The summed E-state index contributed by atoms with van der Waals surface area (Å²) in [6, 6.07) is 171. The van der Waals surface area contributed by atoms with Crippen LogP contribution in [0.15, 0.2) is 492 Å². The highest BCUT2D eigenvalue weighted by atomic mass is 16.3. The summed E-state index contributed by atoms with van der Waals surface area (Å²) >= 11 is 0. The van der Waals surface area contributed by atoms with Gasteiger partial charge in [-0.1, -0.05) is 322 Å². The zero-order valence-electron chi connectivity index (χ0n) is 76.6. The SMILES string of the molecule is c1ccc(-c2nc(-c3ccc4c(c3)oc3cc(-c5cccc(-c6cccc(-c7ccc8c9ccccc9c9ccccc9c8c7)c6)c5)ccc34)nc(-c3ccc4c(c3)c3cc(-c5ccc6c7ccc(-c8cccc(-c9ccc%10c(c9)oc9cc(C%11=NC(c%12ccc%13c%14ccccc%14n(-c%14ccccc%14)c%13c%12)=NC(c%12ccccc%12)N%11)ccc9%10)c8)cc7c7ccccc7c6c5)ccc3n4-c3ccccc3)n2)cc1. The summed E-state index contributed by atoms with van der Waals surface area (Å²) in [7, 11) is 0. The molecule has 0 spiro atoms. The lowest BCUT2D eigenvalue weighted by Gasteiger charge is -2.23. The first-order chi connectivity index (χ1) is 70.3. The van der Waals surface area contributed by atoms with Crippen molar-refractivity contribution < 1.29 is 8.83 Å². The van der Waals surface area contributed by atoms with Crippen molar-refractivity contribution >= 4 is 164 Å². The van der Waals surface area contributed by atoms with Gasteiger partial charge < -0.3 is 23.3 Å². The van der Waals surface area contributed by atoms with Gasteiger partial charge in [-0.2, -0.15) is 0 Å². The zero-order chi connectivity index (χ0) is 93.1. The molecule has 0 aliphatic carbocycles. The van der Waals surface area contributed by atoms with Gasteiger partial charge in [0, 0.05) is 82.3 Å². The van der Waals surface area contributed by atoms with Crippen LogP contribution in [0.4, 0.5) is 0 Å². The fourth-order valence-corrected chi connectivity index (χ4v) is 22.3. The minimum absolute atomic E-state index is 0.380. The molecule has 5 aromatic heterocycles. The molecule has 28 aromatic rings. The van der Waals surface area contributed by atoms with Crippen LogP contribution in [-0.4, -0.2) is 35.8 Å². The zero-order valence-corrected chi connectivity index (χ0v) is 76.6. The summed E-state index contributed by atoms with van der Waals surface area (Å²) < 4.78 is 18.5. The second kappa shape index (κ2) is 32.3. The Morgan fingerprint density at radius 1 is 0.183 bits per heavy atom. The molecule has 23 aromatic carbocycles. The van der Waals surface area contributed by atoms with Crippen LogP contribution in [-0.2, 0) is 0 Å². The van der Waals surface area contributed by atoms with Gasteiger partial charge in [-0.3, -0.25) is 0 Å². The summed E-state index contributed by atoms with van der Waals surface area (Å²) in [5.74, 6) is 3.05. The van der Waals surface area contributed by atoms with Crippen molar-refractivity contribution in [3.8, 4) is 112 Å². The predicted octanol–water partition coefficient (Wildman–Crippen LogP) is 34.3. The minimum atomic E-state index is -0.380. The Bertz CT molecular complexity index is 10200. The van der Waals surface area contributed by atoms with Gasteiger partial charge in [0.2, 0.25) is 0 Å². The van der Waals surface area contributed by atoms with E-state index in [9.17, 15) is 0 Å². The predicted molar refractivity (Wildman–Crippen MR) is 589 cm³/mol. The maximum absolute atomic E-state index is 6.90. The van der Waals surface area contributed by atoms with E-state index in [1.165, 1.54) is 86.5 Å². The number of rotatable bonds is 14. The number of benzene rings is 23. The second-order valence-electron chi connectivity index (χ2n) is 37.3. The van der Waals surface area contributed by atoms with E-state index in [0.717, 1.165) is 183 Å². The van der Waals surface area contributed by atoms with Crippen molar-refractivity contribution in [2.45, 2.75) is 6.17 Å². The molecule has 660 valence electrons. The molecular weight excluding hydrogens is 1730 g/mol. The van der Waals surface area contributed by atoms with Crippen LogP contribution in [0.2, 0.25) is 0 Å². The van der Waals surface area contributed by atoms with E-state index in [0.29, 0.717) is 23.3 Å². The second-order valence-corrected chi connectivity index (χ2v) is 37.3. The van der Waals surface area contributed by atoms with Gasteiger partial charge in [0.05, 0.1) is 22.1 Å². The molecule has 29 rings (SSSR count). The molecule has 1 unspecified atom stereocenters. The first kappa shape index (κ1) is 80.3. The Kier molecular flexibility index (Phi) is 18.3. The molecule has 10 nitrogen and oxygen atoms in total. The van der Waals surface area contributed by atoms with Crippen molar-refractivity contribution in [3.63, 3.8) is 0 Å². The number of amidine groups is 2. The molecule has 1 N–H and O–H groups in total. The molecule has 0 fully saturated rings. The van der Waals surface area contributed by atoms with Gasteiger partial charge in [-0.25, -0.2) is 24.9 Å². The highest BCUT2D eigenvalue weighted by Crippen LogP contribution is 2.47. The molecular formula is C132H80N8O2. The molecule has 0 saturated carbocycles. The topological polar surface area (TPSA) is 112 Å². The minimum Gasteiger partial charge on any atom is -0.456 e. The summed E-state index contributed by atoms with van der Waals surface area (Å²) in [6.45, 7) is 0. The van der Waals surface area contributed by atoms with Crippen LogP contribution in [0.3, 0.4) is 0 Å². The molecule has 0 amide bonds. The largest absolute Gasteiger partial charge is 0.456 e. The van der Waals surface area contributed by atoms with Crippen molar-refractivity contribution in [1.29, 1.82) is 0 Å². The van der Waals surface area contributed by atoms with Crippen LogP contribution >= 0.6 is 0 Å². The fraction of sp³-hybridized carbons (Fsp3) is 0.00758. The molecule has 10 heteroatoms. The molecule has 0 saturated heterocycles. The maximum Gasteiger partial charge on any atom is 0.164 e. The van der Waals surface area contributed by atoms with Gasteiger partial charge in [-0.15, -0.1) is 0 Å². The highest BCUT2D eigenvalue weighted by Gasteiger charge is 2.27. The van der Waals surface area contributed by atoms with Crippen LogP contribution in [0.1, 0.15) is 22.9 Å². The van der Waals surface area contributed by atoms with Crippen LogP contribution in [0.5, 0.6) is 0 Å². The summed E-state index contributed by atoms with van der Waals surface area (Å²) in [5.41, 5.74) is 28.6. The van der Waals surface area contributed by atoms with Gasteiger partial charge in [0.1, 0.15) is 34.3 Å². The van der Waals surface area contributed by atoms with Crippen LogP contribution < -0.4 is 5.32 Å². The first-order valence-corrected chi connectivity index (χ1v) is 48.3. The maximum atomic E-state index is 6.90. The van der Waals surface area contributed by atoms with Crippen molar-refractivity contribution in [2.75, 3.05) is 0 Å². The Morgan fingerprint density at radius 3 is 0.930 bits per heavy atom. The summed E-state index contributed by atoms with van der Waals surface area (Å²) in [4.78, 5) is 26.6. The highest BCUT2D eigenvalue weighted by molar-refractivity contribution is 6.28. The lowest BCUT2D eigenvalue weighted by Crippen LogP contribution is -2.33. The van der Waals surface area contributed by atoms with E-state index in [4.69, 9.17) is 33.8 Å². The first-order valence-electron chi connectivity index (χ1n) is 48.3.